The number of hydrogen-bond acceptors (Lipinski definition) is 4. The van der Waals surface area contributed by atoms with Gasteiger partial charge in [-0.05, 0) is 12.5 Å². The smallest absolute Gasteiger partial charge is 0.344 e. The fourth-order valence-electron chi connectivity index (χ4n) is 1.51. The lowest BCUT2D eigenvalue weighted by atomic mass is 10.2. The standard InChI is InChI=1S/C12H14N4O2S/c1-8(10(13)17)19-12-15-14-11(18)16(12)7-9-5-3-2-4-6-9/h2-6,8H,7H2,1H3,(H2,13,17)(H,14,18). The number of benzene rings is 1. The SMILES string of the molecule is CC(Sc1n[nH]c(=O)n1Cc1ccccc1)C(N)=O. The van der Waals surface area contributed by atoms with Gasteiger partial charge in [0.25, 0.3) is 0 Å². The van der Waals surface area contributed by atoms with Crippen molar-refractivity contribution in [3.05, 3.63) is 46.4 Å². The number of thioether (sulfide) groups is 1. The maximum atomic E-state index is 11.7. The van der Waals surface area contributed by atoms with E-state index in [1.165, 1.54) is 4.57 Å². The van der Waals surface area contributed by atoms with Gasteiger partial charge in [0.15, 0.2) is 5.16 Å². The molecular formula is C12H14N4O2S. The molecular weight excluding hydrogens is 264 g/mol. The molecule has 2 rings (SSSR count). The molecule has 0 aliphatic rings. The summed E-state index contributed by atoms with van der Waals surface area (Å²) in [7, 11) is 0. The van der Waals surface area contributed by atoms with Crippen molar-refractivity contribution in [2.45, 2.75) is 23.9 Å². The molecule has 6 nitrogen and oxygen atoms in total. The number of carbonyl (C=O) groups excluding carboxylic acids is 1. The van der Waals surface area contributed by atoms with Crippen molar-refractivity contribution < 1.29 is 4.79 Å². The Morgan fingerprint density at radius 2 is 2.16 bits per heavy atom. The van der Waals surface area contributed by atoms with Gasteiger partial charge in [-0.1, -0.05) is 42.1 Å². The number of carbonyl (C=O) groups is 1. The molecule has 0 bridgehead atoms. The van der Waals surface area contributed by atoms with E-state index in [2.05, 4.69) is 10.2 Å². The molecule has 1 heterocycles. The molecule has 3 N–H and O–H groups in total. The summed E-state index contributed by atoms with van der Waals surface area (Å²) in [6.07, 6.45) is 0. The van der Waals surface area contributed by atoms with Gasteiger partial charge < -0.3 is 5.73 Å². The summed E-state index contributed by atoms with van der Waals surface area (Å²) in [5, 5.41) is 6.32. The van der Waals surface area contributed by atoms with Crippen LogP contribution in [0.2, 0.25) is 0 Å². The van der Waals surface area contributed by atoms with Crippen LogP contribution in [0.1, 0.15) is 12.5 Å². The Bertz CT molecular complexity index is 620. The summed E-state index contributed by atoms with van der Waals surface area (Å²) >= 11 is 1.16. The monoisotopic (exact) mass is 278 g/mol. The zero-order valence-electron chi connectivity index (χ0n) is 10.4. The highest BCUT2D eigenvalue weighted by Crippen LogP contribution is 2.19. The average Bonchev–Trinajstić information content (AvgIpc) is 2.72. The van der Waals surface area contributed by atoms with E-state index in [0.717, 1.165) is 17.3 Å². The van der Waals surface area contributed by atoms with E-state index in [1.54, 1.807) is 6.92 Å². The molecule has 0 aliphatic carbocycles. The Labute approximate surface area is 114 Å². The fourth-order valence-corrected chi connectivity index (χ4v) is 2.32. The molecule has 2 aromatic rings. The van der Waals surface area contributed by atoms with Crippen LogP contribution in [0.5, 0.6) is 0 Å². The summed E-state index contributed by atoms with van der Waals surface area (Å²) in [6, 6.07) is 9.56. The van der Waals surface area contributed by atoms with Crippen molar-refractivity contribution in [1.82, 2.24) is 14.8 Å². The summed E-state index contributed by atoms with van der Waals surface area (Å²) in [5.74, 6) is -0.438. The molecule has 0 fully saturated rings. The van der Waals surface area contributed by atoms with E-state index in [4.69, 9.17) is 5.73 Å². The summed E-state index contributed by atoms with van der Waals surface area (Å²) < 4.78 is 1.49. The summed E-state index contributed by atoms with van der Waals surface area (Å²) in [4.78, 5) is 22.8. The van der Waals surface area contributed by atoms with Crippen LogP contribution < -0.4 is 11.4 Å². The third kappa shape index (κ3) is 3.25. The number of nitrogens with one attached hydrogen (secondary N) is 1. The molecule has 1 unspecified atom stereocenters. The van der Waals surface area contributed by atoms with Crippen LogP contribution in [0.15, 0.2) is 40.3 Å². The molecule has 1 aromatic heterocycles. The maximum Gasteiger partial charge on any atom is 0.344 e. The minimum absolute atomic E-state index is 0.303. The minimum Gasteiger partial charge on any atom is -0.369 e. The third-order valence-electron chi connectivity index (χ3n) is 2.59. The van der Waals surface area contributed by atoms with Crippen molar-refractivity contribution in [3.63, 3.8) is 0 Å². The first-order chi connectivity index (χ1) is 9.08. The molecule has 1 aromatic carbocycles. The minimum atomic E-state index is -0.440. The van der Waals surface area contributed by atoms with Gasteiger partial charge in [-0.3, -0.25) is 9.36 Å². The van der Waals surface area contributed by atoms with Crippen molar-refractivity contribution in [2.24, 2.45) is 5.73 Å². The average molecular weight is 278 g/mol. The Hall–Kier alpha value is -2.02. The van der Waals surface area contributed by atoms with Crippen molar-refractivity contribution in [2.75, 3.05) is 0 Å². The van der Waals surface area contributed by atoms with Gasteiger partial charge >= 0.3 is 5.69 Å². The number of rotatable bonds is 5. The van der Waals surface area contributed by atoms with Gasteiger partial charge in [-0.15, -0.1) is 5.10 Å². The lowest BCUT2D eigenvalue weighted by Gasteiger charge is -2.08. The number of nitrogens with two attached hydrogens (primary N) is 1. The fraction of sp³-hybridized carbons (Fsp3) is 0.250. The van der Waals surface area contributed by atoms with E-state index in [1.807, 2.05) is 30.3 Å². The maximum absolute atomic E-state index is 11.7. The third-order valence-corrected chi connectivity index (χ3v) is 3.70. The van der Waals surface area contributed by atoms with E-state index in [-0.39, 0.29) is 5.69 Å². The highest BCUT2D eigenvalue weighted by molar-refractivity contribution is 8.00. The molecule has 1 atom stereocenters. The number of aromatic nitrogens is 3. The van der Waals surface area contributed by atoms with Crippen LogP contribution in [-0.4, -0.2) is 25.9 Å². The van der Waals surface area contributed by atoms with E-state index in [0.29, 0.717) is 11.7 Å². The number of nitrogens with zero attached hydrogens (tertiary/aromatic N) is 2. The van der Waals surface area contributed by atoms with Crippen LogP contribution >= 0.6 is 11.8 Å². The summed E-state index contributed by atoms with van der Waals surface area (Å²) in [5.41, 5.74) is 5.89. The van der Waals surface area contributed by atoms with Crippen LogP contribution in [0, 0.1) is 0 Å². The number of aromatic amines is 1. The number of primary amides is 1. The van der Waals surface area contributed by atoms with Gasteiger partial charge in [0, 0.05) is 0 Å². The lowest BCUT2D eigenvalue weighted by Crippen LogP contribution is -2.24. The van der Waals surface area contributed by atoms with Gasteiger partial charge in [0.05, 0.1) is 11.8 Å². The zero-order valence-corrected chi connectivity index (χ0v) is 11.2. The molecule has 0 spiro atoms. The Morgan fingerprint density at radius 3 is 2.79 bits per heavy atom. The van der Waals surface area contributed by atoms with Crippen LogP contribution in [-0.2, 0) is 11.3 Å². The summed E-state index contributed by atoms with van der Waals surface area (Å²) in [6.45, 7) is 2.09. The number of hydrogen-bond donors (Lipinski definition) is 2. The van der Waals surface area contributed by atoms with Crippen molar-refractivity contribution >= 4 is 17.7 Å². The molecule has 0 saturated heterocycles. The van der Waals surface area contributed by atoms with Crippen LogP contribution in [0.3, 0.4) is 0 Å². The first kappa shape index (κ1) is 13.4. The molecule has 0 aliphatic heterocycles. The number of amides is 1. The van der Waals surface area contributed by atoms with Gasteiger partial charge in [0.2, 0.25) is 5.91 Å². The van der Waals surface area contributed by atoms with Crippen molar-refractivity contribution in [1.29, 1.82) is 0 Å². The van der Waals surface area contributed by atoms with E-state index in [9.17, 15) is 9.59 Å². The van der Waals surface area contributed by atoms with Gasteiger partial charge in [-0.25, -0.2) is 9.89 Å². The number of H-pyrrole nitrogens is 1. The van der Waals surface area contributed by atoms with Gasteiger partial charge in [-0.2, -0.15) is 0 Å². The lowest BCUT2D eigenvalue weighted by molar-refractivity contribution is -0.117. The normalized spacial score (nSPS) is 12.3. The molecule has 0 radical (unpaired) electrons. The first-order valence-electron chi connectivity index (χ1n) is 5.73. The molecule has 0 saturated carbocycles. The predicted molar refractivity (Wildman–Crippen MR) is 72.9 cm³/mol. The van der Waals surface area contributed by atoms with E-state index < -0.39 is 11.2 Å². The Balaban J connectivity index is 2.23. The Morgan fingerprint density at radius 1 is 1.47 bits per heavy atom. The predicted octanol–water partition coefficient (Wildman–Crippen LogP) is 0.586. The first-order valence-corrected chi connectivity index (χ1v) is 6.61. The second-order valence-corrected chi connectivity index (χ2v) is 5.35. The zero-order chi connectivity index (χ0) is 13.8. The molecule has 7 heteroatoms. The van der Waals surface area contributed by atoms with Crippen LogP contribution in [0.4, 0.5) is 0 Å². The van der Waals surface area contributed by atoms with E-state index >= 15 is 0 Å². The quantitative estimate of drug-likeness (QED) is 0.782. The second-order valence-electron chi connectivity index (χ2n) is 4.05. The highest BCUT2D eigenvalue weighted by Gasteiger charge is 2.16. The Kier molecular flexibility index (Phi) is 4.06. The van der Waals surface area contributed by atoms with Crippen molar-refractivity contribution in [3.8, 4) is 0 Å². The topological polar surface area (TPSA) is 93.8 Å². The van der Waals surface area contributed by atoms with Crippen LogP contribution in [0.25, 0.3) is 0 Å². The van der Waals surface area contributed by atoms with Gasteiger partial charge in [0.1, 0.15) is 0 Å². The molecule has 1 amide bonds. The molecule has 19 heavy (non-hydrogen) atoms. The largest absolute Gasteiger partial charge is 0.369 e. The molecule has 100 valence electrons. The second kappa shape index (κ2) is 5.75. The highest BCUT2D eigenvalue weighted by atomic mass is 32.2.